The first kappa shape index (κ1) is 17.8. The third-order valence-corrected chi connectivity index (χ3v) is 4.65. The lowest BCUT2D eigenvalue weighted by molar-refractivity contribution is 0.0995. The van der Waals surface area contributed by atoms with Crippen LogP contribution >= 0.6 is 0 Å². The highest BCUT2D eigenvalue weighted by molar-refractivity contribution is 6.02. The van der Waals surface area contributed by atoms with E-state index in [2.05, 4.69) is 15.5 Å². The van der Waals surface area contributed by atoms with Crippen molar-refractivity contribution < 1.29 is 13.7 Å². The van der Waals surface area contributed by atoms with Gasteiger partial charge in [-0.15, -0.1) is 0 Å². The van der Waals surface area contributed by atoms with Crippen molar-refractivity contribution in [2.24, 2.45) is 0 Å². The predicted molar refractivity (Wildman–Crippen MR) is 104 cm³/mol. The third kappa shape index (κ3) is 3.46. The predicted octanol–water partition coefficient (Wildman–Crippen LogP) is 4.22. The van der Waals surface area contributed by atoms with Gasteiger partial charge in [0.2, 0.25) is 0 Å². The molecule has 142 valence electrons. The van der Waals surface area contributed by atoms with Crippen molar-refractivity contribution in [3.8, 4) is 5.69 Å². The minimum Gasteiger partial charge on any atom is -0.456 e. The van der Waals surface area contributed by atoms with E-state index in [1.165, 1.54) is 0 Å². The molecule has 1 N–H and O–H groups in total. The van der Waals surface area contributed by atoms with Crippen LogP contribution < -0.4 is 5.32 Å². The number of nitrogens with zero attached hydrogens (tertiary/aromatic N) is 3. The van der Waals surface area contributed by atoms with E-state index < -0.39 is 0 Å². The number of benzene rings is 1. The second-order valence-electron chi connectivity index (χ2n) is 6.59. The summed E-state index contributed by atoms with van der Waals surface area (Å²) in [5, 5.41) is 6.79. The molecule has 7 nitrogen and oxygen atoms in total. The fraction of sp³-hybridized carbons (Fsp3) is 0.190. The second kappa shape index (κ2) is 7.19. The molecule has 0 aliphatic carbocycles. The van der Waals surface area contributed by atoms with Crippen LogP contribution in [0.2, 0.25) is 0 Å². The topological polar surface area (TPSA) is 86.1 Å². The van der Waals surface area contributed by atoms with Crippen molar-refractivity contribution in [1.82, 2.24) is 14.7 Å². The number of rotatable bonds is 5. The molecule has 0 bridgehead atoms. The maximum absolute atomic E-state index is 12.5. The van der Waals surface area contributed by atoms with Gasteiger partial charge < -0.3 is 18.8 Å². The number of nitrogens with one attached hydrogen (secondary N) is 1. The molecule has 0 radical (unpaired) electrons. The molecular formula is C21H20N4O3. The molecule has 7 heteroatoms. The zero-order valence-corrected chi connectivity index (χ0v) is 15.9. The summed E-state index contributed by atoms with van der Waals surface area (Å²) in [4.78, 5) is 16.7. The quantitative estimate of drug-likeness (QED) is 0.563. The average molecular weight is 376 g/mol. The number of amides is 1. The highest BCUT2D eigenvalue weighted by Crippen LogP contribution is 2.20. The standard InChI is InChI=1S/C21H20N4O3/c1-13-19(14(2)28-24-13)12-18-8-9-20(27-18)21(26)23-16-4-6-17(7-5-16)25-11-10-22-15(25)3/h4-11H,12H2,1-3H3,(H,23,26). The molecule has 0 unspecified atom stereocenters. The van der Waals surface area contributed by atoms with Crippen LogP contribution in [0.3, 0.4) is 0 Å². The van der Waals surface area contributed by atoms with E-state index in [0.29, 0.717) is 17.9 Å². The smallest absolute Gasteiger partial charge is 0.291 e. The Balaban J connectivity index is 1.44. The van der Waals surface area contributed by atoms with Gasteiger partial charge in [0.05, 0.1) is 5.69 Å². The fourth-order valence-corrected chi connectivity index (χ4v) is 3.07. The summed E-state index contributed by atoms with van der Waals surface area (Å²) in [6, 6.07) is 11.0. The Hall–Kier alpha value is -3.61. The lowest BCUT2D eigenvalue weighted by atomic mass is 10.1. The van der Waals surface area contributed by atoms with Crippen molar-refractivity contribution in [1.29, 1.82) is 0 Å². The second-order valence-corrected chi connectivity index (χ2v) is 6.59. The summed E-state index contributed by atoms with van der Waals surface area (Å²) in [7, 11) is 0. The van der Waals surface area contributed by atoms with Gasteiger partial charge in [-0.25, -0.2) is 4.98 Å². The summed E-state index contributed by atoms with van der Waals surface area (Å²) in [6.07, 6.45) is 4.18. The largest absolute Gasteiger partial charge is 0.456 e. The Labute approximate surface area is 162 Å². The first-order valence-corrected chi connectivity index (χ1v) is 8.93. The average Bonchev–Trinajstić information content (AvgIpc) is 3.40. The summed E-state index contributed by atoms with van der Waals surface area (Å²) < 4.78 is 12.8. The molecule has 0 aliphatic rings. The van der Waals surface area contributed by atoms with E-state index in [1.807, 2.05) is 55.8 Å². The number of hydrogen-bond acceptors (Lipinski definition) is 5. The van der Waals surface area contributed by atoms with E-state index >= 15 is 0 Å². The minimum atomic E-state index is -0.295. The molecule has 0 spiro atoms. The van der Waals surface area contributed by atoms with Crippen molar-refractivity contribution in [3.05, 3.63) is 83.2 Å². The summed E-state index contributed by atoms with van der Waals surface area (Å²) in [5.74, 6) is 2.31. The zero-order valence-electron chi connectivity index (χ0n) is 15.9. The Kier molecular flexibility index (Phi) is 4.57. The zero-order chi connectivity index (χ0) is 19.7. The fourth-order valence-electron chi connectivity index (χ4n) is 3.07. The molecule has 1 aromatic carbocycles. The van der Waals surface area contributed by atoms with Crippen molar-refractivity contribution in [2.75, 3.05) is 5.32 Å². The summed E-state index contributed by atoms with van der Waals surface area (Å²) in [6.45, 7) is 5.69. The molecule has 0 atom stereocenters. The molecule has 0 saturated carbocycles. The molecule has 3 aromatic heterocycles. The number of imidazole rings is 1. The van der Waals surface area contributed by atoms with E-state index in [1.54, 1.807) is 18.3 Å². The van der Waals surface area contributed by atoms with Crippen LogP contribution in [0.1, 0.15) is 39.2 Å². The van der Waals surface area contributed by atoms with Crippen LogP contribution in [0, 0.1) is 20.8 Å². The highest BCUT2D eigenvalue weighted by atomic mass is 16.5. The van der Waals surface area contributed by atoms with E-state index in [-0.39, 0.29) is 11.7 Å². The number of aromatic nitrogens is 3. The van der Waals surface area contributed by atoms with Crippen molar-refractivity contribution in [3.63, 3.8) is 0 Å². The van der Waals surface area contributed by atoms with Gasteiger partial charge in [0.15, 0.2) is 5.76 Å². The van der Waals surface area contributed by atoms with E-state index in [4.69, 9.17) is 8.94 Å². The van der Waals surface area contributed by atoms with Crippen molar-refractivity contribution in [2.45, 2.75) is 27.2 Å². The van der Waals surface area contributed by atoms with Gasteiger partial charge in [-0.3, -0.25) is 4.79 Å². The Morgan fingerprint density at radius 3 is 2.54 bits per heavy atom. The van der Waals surface area contributed by atoms with Gasteiger partial charge in [0, 0.05) is 35.8 Å². The molecule has 0 fully saturated rings. The minimum absolute atomic E-state index is 0.260. The van der Waals surface area contributed by atoms with Crippen LogP contribution in [0.25, 0.3) is 5.69 Å². The monoisotopic (exact) mass is 376 g/mol. The molecule has 28 heavy (non-hydrogen) atoms. The normalized spacial score (nSPS) is 11.0. The van der Waals surface area contributed by atoms with E-state index in [9.17, 15) is 4.79 Å². The Morgan fingerprint density at radius 1 is 1.11 bits per heavy atom. The highest BCUT2D eigenvalue weighted by Gasteiger charge is 2.15. The Morgan fingerprint density at radius 2 is 1.89 bits per heavy atom. The van der Waals surface area contributed by atoms with Crippen LogP contribution in [0.5, 0.6) is 0 Å². The lowest BCUT2D eigenvalue weighted by Crippen LogP contribution is -2.10. The molecule has 0 saturated heterocycles. The van der Waals surface area contributed by atoms with Gasteiger partial charge in [0.25, 0.3) is 5.91 Å². The lowest BCUT2D eigenvalue weighted by Gasteiger charge is -2.07. The first-order valence-electron chi connectivity index (χ1n) is 8.93. The maximum Gasteiger partial charge on any atom is 0.291 e. The number of anilines is 1. The first-order chi connectivity index (χ1) is 13.5. The number of furan rings is 1. The molecule has 4 aromatic rings. The van der Waals surface area contributed by atoms with Gasteiger partial charge in [-0.1, -0.05) is 5.16 Å². The SMILES string of the molecule is Cc1noc(C)c1Cc1ccc(C(=O)Nc2ccc(-n3ccnc3C)cc2)o1. The van der Waals surface area contributed by atoms with Gasteiger partial charge in [-0.2, -0.15) is 0 Å². The van der Waals surface area contributed by atoms with Gasteiger partial charge in [-0.05, 0) is 57.2 Å². The summed E-state index contributed by atoms with van der Waals surface area (Å²) in [5.41, 5.74) is 3.47. The number of aryl methyl sites for hydroxylation is 3. The third-order valence-electron chi connectivity index (χ3n) is 4.65. The Bertz CT molecular complexity index is 1100. The van der Waals surface area contributed by atoms with Gasteiger partial charge in [0.1, 0.15) is 17.3 Å². The molecule has 1 amide bonds. The molecule has 0 aliphatic heterocycles. The summed E-state index contributed by atoms with van der Waals surface area (Å²) >= 11 is 0. The molecule has 3 heterocycles. The number of carbonyl (C=O) groups excluding carboxylic acids is 1. The van der Waals surface area contributed by atoms with Crippen LogP contribution in [0.15, 0.2) is 57.7 Å². The molecule has 4 rings (SSSR count). The van der Waals surface area contributed by atoms with Crippen LogP contribution in [-0.2, 0) is 6.42 Å². The maximum atomic E-state index is 12.5. The van der Waals surface area contributed by atoms with Crippen molar-refractivity contribution >= 4 is 11.6 Å². The van der Waals surface area contributed by atoms with Gasteiger partial charge >= 0.3 is 0 Å². The van der Waals surface area contributed by atoms with Crippen LogP contribution in [-0.4, -0.2) is 20.6 Å². The number of hydrogen-bond donors (Lipinski definition) is 1. The molecular weight excluding hydrogens is 356 g/mol. The van der Waals surface area contributed by atoms with E-state index in [0.717, 1.165) is 28.5 Å². The number of carbonyl (C=O) groups is 1. The van der Waals surface area contributed by atoms with Crippen LogP contribution in [0.4, 0.5) is 5.69 Å².